The molecule has 0 aromatic rings. The second-order valence-electron chi connectivity index (χ2n) is 5.17. The van der Waals surface area contributed by atoms with Gasteiger partial charge in [0.15, 0.2) is 0 Å². The minimum atomic E-state index is -0.548. The molecule has 1 rings (SSSR count). The normalized spacial score (nSPS) is 20.4. The van der Waals surface area contributed by atoms with E-state index < -0.39 is 5.60 Å². The van der Waals surface area contributed by atoms with Gasteiger partial charge in [0.05, 0.1) is 5.60 Å². The molecule has 0 bridgehead atoms. The molecular formula is C12H25NO. The lowest BCUT2D eigenvalue weighted by Gasteiger charge is -2.36. The van der Waals surface area contributed by atoms with Crippen LogP contribution in [-0.4, -0.2) is 34.7 Å². The number of nitrogens with zero attached hydrogens (tertiary/aromatic N) is 1. The zero-order valence-electron chi connectivity index (χ0n) is 9.92. The summed E-state index contributed by atoms with van der Waals surface area (Å²) in [5.41, 5.74) is -0.548. The highest BCUT2D eigenvalue weighted by molar-refractivity contribution is 4.80. The van der Waals surface area contributed by atoms with Crippen LogP contribution in [0, 0.1) is 0 Å². The highest BCUT2D eigenvalue weighted by Gasteiger charge is 2.24. The van der Waals surface area contributed by atoms with E-state index in [0.29, 0.717) is 0 Å². The van der Waals surface area contributed by atoms with Crippen molar-refractivity contribution >= 4 is 0 Å². The largest absolute Gasteiger partial charge is 0.389 e. The van der Waals surface area contributed by atoms with Crippen LogP contribution in [0.15, 0.2) is 0 Å². The molecule has 0 unspecified atom stereocenters. The van der Waals surface area contributed by atoms with Crippen molar-refractivity contribution in [1.29, 1.82) is 0 Å². The van der Waals surface area contributed by atoms with Crippen LogP contribution in [-0.2, 0) is 0 Å². The van der Waals surface area contributed by atoms with Crippen LogP contribution in [0.3, 0.4) is 0 Å². The minimum absolute atomic E-state index is 0.548. The molecule has 0 aliphatic heterocycles. The lowest BCUT2D eigenvalue weighted by molar-refractivity contribution is 0.0161. The van der Waals surface area contributed by atoms with Crippen molar-refractivity contribution in [2.24, 2.45) is 0 Å². The summed E-state index contributed by atoms with van der Waals surface area (Å²) in [6, 6.07) is 0.722. The lowest BCUT2D eigenvalue weighted by Crippen LogP contribution is -2.45. The van der Waals surface area contributed by atoms with Crippen LogP contribution in [0.4, 0.5) is 0 Å². The molecule has 1 aliphatic rings. The molecule has 1 fully saturated rings. The molecule has 0 saturated heterocycles. The van der Waals surface area contributed by atoms with Gasteiger partial charge in [-0.3, -0.25) is 4.90 Å². The van der Waals surface area contributed by atoms with E-state index in [1.807, 2.05) is 13.8 Å². The Bertz CT molecular complexity index is 156. The third-order valence-corrected chi connectivity index (χ3v) is 3.09. The quantitative estimate of drug-likeness (QED) is 0.751. The van der Waals surface area contributed by atoms with E-state index in [9.17, 15) is 5.11 Å². The molecule has 0 heterocycles. The molecule has 0 aromatic carbocycles. The van der Waals surface area contributed by atoms with Gasteiger partial charge in [-0.2, -0.15) is 0 Å². The van der Waals surface area contributed by atoms with Crippen LogP contribution in [0.25, 0.3) is 0 Å². The number of hydrogen-bond donors (Lipinski definition) is 1. The third-order valence-electron chi connectivity index (χ3n) is 3.09. The van der Waals surface area contributed by atoms with E-state index in [0.717, 1.165) is 19.1 Å². The first-order valence-corrected chi connectivity index (χ1v) is 5.99. The maximum absolute atomic E-state index is 9.81. The standard InChI is InChI=1S/C12H25NO/c1-4-13(10-12(2,3)14)11-8-6-5-7-9-11/h11,14H,4-10H2,1-3H3. The van der Waals surface area contributed by atoms with Crippen molar-refractivity contribution in [3.8, 4) is 0 Å². The molecular weight excluding hydrogens is 174 g/mol. The monoisotopic (exact) mass is 199 g/mol. The van der Waals surface area contributed by atoms with E-state index in [-0.39, 0.29) is 0 Å². The van der Waals surface area contributed by atoms with Gasteiger partial charge in [0.1, 0.15) is 0 Å². The second kappa shape index (κ2) is 5.13. The first-order valence-electron chi connectivity index (χ1n) is 5.99. The minimum Gasteiger partial charge on any atom is -0.389 e. The smallest absolute Gasteiger partial charge is 0.0718 e. The van der Waals surface area contributed by atoms with E-state index in [4.69, 9.17) is 0 Å². The highest BCUT2D eigenvalue weighted by Crippen LogP contribution is 2.23. The van der Waals surface area contributed by atoms with Crippen LogP contribution in [0.2, 0.25) is 0 Å². The molecule has 0 spiro atoms. The predicted octanol–water partition coefficient (Wildman–Crippen LogP) is 2.41. The summed E-state index contributed by atoms with van der Waals surface area (Å²) in [5, 5.41) is 9.81. The summed E-state index contributed by atoms with van der Waals surface area (Å²) >= 11 is 0. The summed E-state index contributed by atoms with van der Waals surface area (Å²) in [6.45, 7) is 7.88. The van der Waals surface area contributed by atoms with Gasteiger partial charge in [-0.1, -0.05) is 26.2 Å². The first-order chi connectivity index (χ1) is 6.53. The second-order valence-corrected chi connectivity index (χ2v) is 5.17. The SMILES string of the molecule is CCN(CC(C)(C)O)C1CCCCC1. The molecule has 1 N–H and O–H groups in total. The topological polar surface area (TPSA) is 23.5 Å². The summed E-state index contributed by atoms with van der Waals surface area (Å²) in [5.74, 6) is 0. The number of aliphatic hydroxyl groups is 1. The van der Waals surface area contributed by atoms with Gasteiger partial charge in [0.2, 0.25) is 0 Å². The summed E-state index contributed by atoms with van der Waals surface area (Å²) in [6.07, 6.45) is 6.78. The predicted molar refractivity (Wildman–Crippen MR) is 60.4 cm³/mol. The molecule has 14 heavy (non-hydrogen) atoms. The molecule has 1 saturated carbocycles. The van der Waals surface area contributed by atoms with E-state index in [2.05, 4.69) is 11.8 Å². The highest BCUT2D eigenvalue weighted by atomic mass is 16.3. The van der Waals surface area contributed by atoms with Gasteiger partial charge in [-0.05, 0) is 33.2 Å². The number of hydrogen-bond acceptors (Lipinski definition) is 2. The fourth-order valence-corrected chi connectivity index (χ4v) is 2.44. The van der Waals surface area contributed by atoms with Crippen LogP contribution in [0.1, 0.15) is 52.9 Å². The van der Waals surface area contributed by atoms with Gasteiger partial charge in [0, 0.05) is 12.6 Å². The molecule has 0 amide bonds. The Morgan fingerprint density at radius 3 is 2.21 bits per heavy atom. The molecule has 84 valence electrons. The Kier molecular flexibility index (Phi) is 4.39. The van der Waals surface area contributed by atoms with Gasteiger partial charge in [-0.25, -0.2) is 0 Å². The maximum Gasteiger partial charge on any atom is 0.0718 e. The first kappa shape index (κ1) is 12.0. The van der Waals surface area contributed by atoms with E-state index in [1.165, 1.54) is 32.1 Å². The van der Waals surface area contributed by atoms with Crippen LogP contribution >= 0.6 is 0 Å². The van der Waals surface area contributed by atoms with Gasteiger partial charge < -0.3 is 5.11 Å². The fraction of sp³-hybridized carbons (Fsp3) is 1.00. The van der Waals surface area contributed by atoms with Crippen molar-refractivity contribution in [2.75, 3.05) is 13.1 Å². The Balaban J connectivity index is 2.43. The van der Waals surface area contributed by atoms with Crippen molar-refractivity contribution in [3.63, 3.8) is 0 Å². The Hall–Kier alpha value is -0.0800. The van der Waals surface area contributed by atoms with Gasteiger partial charge in [-0.15, -0.1) is 0 Å². The molecule has 0 radical (unpaired) electrons. The fourth-order valence-electron chi connectivity index (χ4n) is 2.44. The van der Waals surface area contributed by atoms with Gasteiger partial charge in [0.25, 0.3) is 0 Å². The molecule has 2 heteroatoms. The Morgan fingerprint density at radius 2 is 1.79 bits per heavy atom. The summed E-state index contributed by atoms with van der Waals surface area (Å²) < 4.78 is 0. The zero-order chi connectivity index (χ0) is 10.6. The Labute approximate surface area is 88.3 Å². The van der Waals surface area contributed by atoms with Crippen LogP contribution in [0.5, 0.6) is 0 Å². The number of likely N-dealkylation sites (N-methyl/N-ethyl adjacent to an activating group) is 1. The van der Waals surface area contributed by atoms with E-state index >= 15 is 0 Å². The zero-order valence-corrected chi connectivity index (χ0v) is 9.92. The average molecular weight is 199 g/mol. The Morgan fingerprint density at radius 1 is 1.21 bits per heavy atom. The maximum atomic E-state index is 9.81. The molecule has 1 aliphatic carbocycles. The average Bonchev–Trinajstić information content (AvgIpc) is 2.14. The summed E-state index contributed by atoms with van der Waals surface area (Å²) in [7, 11) is 0. The molecule has 0 atom stereocenters. The number of rotatable bonds is 4. The van der Waals surface area contributed by atoms with Crippen molar-refractivity contribution < 1.29 is 5.11 Å². The van der Waals surface area contributed by atoms with E-state index in [1.54, 1.807) is 0 Å². The van der Waals surface area contributed by atoms with Gasteiger partial charge >= 0.3 is 0 Å². The third kappa shape index (κ3) is 3.97. The van der Waals surface area contributed by atoms with Crippen LogP contribution < -0.4 is 0 Å². The van der Waals surface area contributed by atoms with Crippen molar-refractivity contribution in [1.82, 2.24) is 4.90 Å². The van der Waals surface area contributed by atoms with Crippen molar-refractivity contribution in [2.45, 2.75) is 64.5 Å². The lowest BCUT2D eigenvalue weighted by atomic mass is 9.93. The molecule has 2 nitrogen and oxygen atoms in total. The molecule has 0 aromatic heterocycles. The van der Waals surface area contributed by atoms with Crippen molar-refractivity contribution in [3.05, 3.63) is 0 Å². The summed E-state index contributed by atoms with van der Waals surface area (Å²) in [4.78, 5) is 2.44.